The van der Waals surface area contributed by atoms with Gasteiger partial charge in [-0.25, -0.2) is 9.59 Å². The summed E-state index contributed by atoms with van der Waals surface area (Å²) in [4.78, 5) is 54.2. The van der Waals surface area contributed by atoms with Gasteiger partial charge in [0, 0.05) is 32.3 Å². The summed E-state index contributed by atoms with van der Waals surface area (Å²) in [6, 6.07) is 25.9. The molecule has 0 radical (unpaired) electrons. The molecule has 0 aliphatic rings. The van der Waals surface area contributed by atoms with E-state index in [-0.39, 0.29) is 18.1 Å². The summed E-state index contributed by atoms with van der Waals surface area (Å²) in [5.74, 6) is -1.28. The first kappa shape index (κ1) is 38.1. The van der Waals surface area contributed by atoms with Crippen molar-refractivity contribution in [1.82, 2.24) is 4.90 Å². The zero-order valence-corrected chi connectivity index (χ0v) is 30.2. The zero-order chi connectivity index (χ0) is 36.6. The predicted molar refractivity (Wildman–Crippen MR) is 191 cm³/mol. The average molecular weight is 721 g/mol. The van der Waals surface area contributed by atoms with E-state index in [2.05, 4.69) is 0 Å². The number of hydrogen-bond donors (Lipinski definition) is 0. The quantitative estimate of drug-likeness (QED) is 0.0690. The molecule has 0 spiro atoms. The Morgan fingerprint density at radius 1 is 0.580 bits per heavy atom. The van der Waals surface area contributed by atoms with Crippen LogP contribution < -0.4 is 9.47 Å². The molecule has 0 heterocycles. The van der Waals surface area contributed by atoms with E-state index in [0.717, 1.165) is 0 Å². The minimum absolute atomic E-state index is 0.0865. The Morgan fingerprint density at radius 2 is 0.880 bits per heavy atom. The topological polar surface area (TPSA) is 108 Å². The van der Waals surface area contributed by atoms with Crippen LogP contribution in [0.25, 0.3) is 0 Å². The number of hydrogen-bond acceptors (Lipinski definition) is 9. The van der Waals surface area contributed by atoms with Gasteiger partial charge in [-0.2, -0.15) is 0 Å². The van der Waals surface area contributed by atoms with E-state index in [1.807, 2.05) is 11.8 Å². The van der Waals surface area contributed by atoms with Crippen molar-refractivity contribution in [2.75, 3.05) is 20.1 Å². The summed E-state index contributed by atoms with van der Waals surface area (Å²) >= 11 is 11.9. The molecule has 0 N–H and O–H groups in total. The third-order valence-electron chi connectivity index (χ3n) is 7.65. The van der Waals surface area contributed by atoms with Crippen molar-refractivity contribution in [2.24, 2.45) is 0 Å². The van der Waals surface area contributed by atoms with Crippen molar-refractivity contribution < 1.29 is 38.1 Å². The summed E-state index contributed by atoms with van der Waals surface area (Å²) < 4.78 is 23.3. The Kier molecular flexibility index (Phi) is 12.5. The lowest BCUT2D eigenvalue weighted by atomic mass is 10.0. The fourth-order valence-corrected chi connectivity index (χ4v) is 4.81. The van der Waals surface area contributed by atoms with Crippen molar-refractivity contribution >= 4 is 46.7 Å². The molecule has 0 fully saturated rings. The molecular formula is C39H39Cl2NO8. The van der Waals surface area contributed by atoms with Crippen LogP contribution in [-0.2, 0) is 19.1 Å². The van der Waals surface area contributed by atoms with Crippen LogP contribution in [-0.4, -0.2) is 66.0 Å². The number of benzene rings is 4. The third kappa shape index (κ3) is 10.2. The SMILES string of the molecule is CCN(C)CC(OC(=O)C(C)(C)Oc1ccc(C(=O)c2ccc(Cl)cc2)cc1)OC(=O)C(C)(C)Oc1ccc(C(=O)c2ccc(Cl)cc2)cc1. The zero-order valence-electron chi connectivity index (χ0n) is 28.7. The molecule has 0 aliphatic heterocycles. The molecule has 9 nitrogen and oxygen atoms in total. The van der Waals surface area contributed by atoms with Crippen molar-refractivity contribution in [3.63, 3.8) is 0 Å². The smallest absolute Gasteiger partial charge is 0.353 e. The van der Waals surface area contributed by atoms with Gasteiger partial charge in [0.25, 0.3) is 6.29 Å². The summed E-state index contributed by atoms with van der Waals surface area (Å²) in [5, 5.41) is 1.06. The lowest BCUT2D eigenvalue weighted by molar-refractivity contribution is -0.207. The van der Waals surface area contributed by atoms with Crippen LogP contribution in [0.4, 0.5) is 0 Å². The minimum atomic E-state index is -1.49. The molecule has 4 aromatic carbocycles. The highest BCUT2D eigenvalue weighted by Crippen LogP contribution is 2.25. The van der Waals surface area contributed by atoms with Gasteiger partial charge in [0.2, 0.25) is 0 Å². The molecule has 4 aromatic rings. The van der Waals surface area contributed by atoms with Gasteiger partial charge >= 0.3 is 11.9 Å². The molecule has 50 heavy (non-hydrogen) atoms. The van der Waals surface area contributed by atoms with E-state index in [4.69, 9.17) is 42.1 Å². The number of halogens is 2. The number of carbonyl (C=O) groups is 4. The molecule has 0 aromatic heterocycles. The molecule has 0 amide bonds. The molecular weight excluding hydrogens is 681 g/mol. The molecule has 11 heteroatoms. The van der Waals surface area contributed by atoms with Gasteiger partial charge < -0.3 is 18.9 Å². The molecule has 4 rings (SSSR count). The second-order valence-corrected chi connectivity index (χ2v) is 13.4. The highest BCUT2D eigenvalue weighted by atomic mass is 35.5. The van der Waals surface area contributed by atoms with Gasteiger partial charge in [0.05, 0.1) is 6.54 Å². The fourth-order valence-electron chi connectivity index (χ4n) is 4.56. The first-order chi connectivity index (χ1) is 23.6. The summed E-state index contributed by atoms with van der Waals surface area (Å²) in [6.07, 6.45) is -1.29. The summed E-state index contributed by atoms with van der Waals surface area (Å²) in [7, 11) is 1.79. The summed E-state index contributed by atoms with van der Waals surface area (Å²) in [6.45, 7) is 8.69. The molecule has 0 saturated carbocycles. The Labute approximate surface area is 302 Å². The highest BCUT2D eigenvalue weighted by Gasteiger charge is 2.38. The maximum absolute atomic E-state index is 13.4. The maximum Gasteiger partial charge on any atom is 0.353 e. The van der Waals surface area contributed by atoms with E-state index in [1.165, 1.54) is 27.7 Å². The number of carbonyl (C=O) groups excluding carboxylic acids is 4. The van der Waals surface area contributed by atoms with Crippen LogP contribution in [0.5, 0.6) is 11.5 Å². The lowest BCUT2D eigenvalue weighted by Crippen LogP contribution is -2.48. The Hall–Kier alpha value is -4.70. The number of rotatable bonds is 15. The normalized spacial score (nSPS) is 11.6. The van der Waals surface area contributed by atoms with Crippen LogP contribution in [0.2, 0.25) is 10.0 Å². The van der Waals surface area contributed by atoms with E-state index >= 15 is 0 Å². The third-order valence-corrected chi connectivity index (χ3v) is 8.16. The van der Waals surface area contributed by atoms with Crippen LogP contribution in [0, 0.1) is 0 Å². The second kappa shape index (κ2) is 16.3. The van der Waals surface area contributed by atoms with Gasteiger partial charge in [-0.05, 0) is 138 Å². The Balaban J connectivity index is 1.39. The van der Waals surface area contributed by atoms with Crippen LogP contribution in [0.3, 0.4) is 0 Å². The predicted octanol–water partition coefficient (Wildman–Crippen LogP) is 7.83. The average Bonchev–Trinajstić information content (AvgIpc) is 3.08. The minimum Gasteiger partial charge on any atom is -0.476 e. The van der Waals surface area contributed by atoms with Crippen molar-refractivity contribution in [2.45, 2.75) is 52.1 Å². The van der Waals surface area contributed by atoms with Crippen LogP contribution in [0.1, 0.15) is 66.5 Å². The van der Waals surface area contributed by atoms with Crippen LogP contribution >= 0.6 is 23.2 Å². The molecule has 0 atom stereocenters. The second-order valence-electron chi connectivity index (χ2n) is 12.5. The van der Waals surface area contributed by atoms with E-state index in [0.29, 0.717) is 50.3 Å². The number of likely N-dealkylation sites (N-methyl/N-ethyl adjacent to an activating group) is 1. The molecule has 0 saturated heterocycles. The summed E-state index contributed by atoms with van der Waals surface area (Å²) in [5.41, 5.74) is -1.15. The first-order valence-corrected chi connectivity index (χ1v) is 16.6. The maximum atomic E-state index is 13.4. The first-order valence-electron chi connectivity index (χ1n) is 15.9. The number of ketones is 2. The van der Waals surface area contributed by atoms with Gasteiger partial charge in [-0.3, -0.25) is 14.5 Å². The molecule has 0 aliphatic carbocycles. The highest BCUT2D eigenvalue weighted by molar-refractivity contribution is 6.31. The Morgan fingerprint density at radius 3 is 1.18 bits per heavy atom. The van der Waals surface area contributed by atoms with Crippen LogP contribution in [0.15, 0.2) is 97.1 Å². The van der Waals surface area contributed by atoms with Gasteiger partial charge in [0.1, 0.15) is 11.5 Å². The number of nitrogens with zero attached hydrogens (tertiary/aromatic N) is 1. The molecule has 0 bridgehead atoms. The van der Waals surface area contributed by atoms with Gasteiger partial charge in [-0.1, -0.05) is 30.1 Å². The van der Waals surface area contributed by atoms with E-state index in [1.54, 1.807) is 104 Å². The molecule has 0 unspecified atom stereocenters. The van der Waals surface area contributed by atoms with Crippen molar-refractivity contribution in [1.29, 1.82) is 0 Å². The fraction of sp³-hybridized carbons (Fsp3) is 0.282. The monoisotopic (exact) mass is 719 g/mol. The standard InChI is InChI=1S/C39H39Cl2NO8/c1-7-42(6)24-33(47-36(45)38(2,3)49-31-20-12-27(13-21-31)34(43)25-8-16-29(40)17-9-25)48-37(46)39(4,5)50-32-22-14-28(15-23-32)35(44)26-10-18-30(41)19-11-26/h8-23,33H,7,24H2,1-6H3. The largest absolute Gasteiger partial charge is 0.476 e. The Bertz CT molecular complexity index is 1670. The van der Waals surface area contributed by atoms with Gasteiger partial charge in [-0.15, -0.1) is 0 Å². The van der Waals surface area contributed by atoms with E-state index in [9.17, 15) is 19.2 Å². The molecule has 262 valence electrons. The van der Waals surface area contributed by atoms with Crippen molar-refractivity contribution in [3.05, 3.63) is 129 Å². The van der Waals surface area contributed by atoms with E-state index < -0.39 is 29.4 Å². The number of esters is 2. The van der Waals surface area contributed by atoms with Crippen molar-refractivity contribution in [3.8, 4) is 11.5 Å². The van der Waals surface area contributed by atoms with Gasteiger partial charge in [0.15, 0.2) is 22.8 Å². The lowest BCUT2D eigenvalue weighted by Gasteiger charge is -2.31. The number of ether oxygens (including phenoxy) is 4.